The molecule has 8 heteroatoms. The van der Waals surface area contributed by atoms with Gasteiger partial charge in [-0.15, -0.1) is 0 Å². The van der Waals surface area contributed by atoms with Crippen LogP contribution < -0.4 is 5.32 Å². The highest BCUT2D eigenvalue weighted by molar-refractivity contribution is 7.98. The Morgan fingerprint density at radius 2 is 1.95 bits per heavy atom. The van der Waals surface area contributed by atoms with Gasteiger partial charge in [0.05, 0.1) is 16.3 Å². The first-order valence-electron chi connectivity index (χ1n) is 6.25. The molecule has 1 aromatic heterocycles. The molecule has 21 heavy (non-hydrogen) atoms. The molecule has 1 aliphatic rings. The van der Waals surface area contributed by atoms with Gasteiger partial charge in [0.2, 0.25) is 0 Å². The molecule has 0 aliphatic carbocycles. The van der Waals surface area contributed by atoms with Crippen LogP contribution in [0.25, 0.3) is 0 Å². The Morgan fingerprint density at radius 1 is 1.29 bits per heavy atom. The van der Waals surface area contributed by atoms with Crippen molar-refractivity contribution < 1.29 is 13.0 Å². The summed E-state index contributed by atoms with van der Waals surface area (Å²) in [5.74, 6) is 0. The van der Waals surface area contributed by atoms with Crippen molar-refractivity contribution in [3.8, 4) is 0 Å². The van der Waals surface area contributed by atoms with Gasteiger partial charge in [0.25, 0.3) is 10.1 Å². The van der Waals surface area contributed by atoms with E-state index in [4.69, 9.17) is 4.55 Å². The van der Waals surface area contributed by atoms with Gasteiger partial charge in [-0.2, -0.15) is 8.42 Å². The van der Waals surface area contributed by atoms with Gasteiger partial charge in [0.15, 0.2) is 5.16 Å². The summed E-state index contributed by atoms with van der Waals surface area (Å²) in [6.07, 6.45) is 2.06. The molecule has 0 fully saturated rings. The highest BCUT2D eigenvalue weighted by atomic mass is 32.2. The standard InChI is InChI=1S/C7H11N3S.C6H6O3S/c1-10-6-4-8-3-5(6)9-7(10)11-2;7-10(8,9)6-4-2-1-3-5-6/h8H,3-4H2,1-2H3;1-5H,(H,7,8,9). The van der Waals surface area contributed by atoms with E-state index in [9.17, 15) is 8.42 Å². The van der Waals surface area contributed by atoms with Crippen LogP contribution in [0.1, 0.15) is 11.4 Å². The van der Waals surface area contributed by atoms with E-state index in [0.717, 1.165) is 18.2 Å². The lowest BCUT2D eigenvalue weighted by atomic mass is 10.4. The minimum absolute atomic E-state index is 0.0741. The maximum atomic E-state index is 10.4. The van der Waals surface area contributed by atoms with E-state index in [1.54, 1.807) is 30.0 Å². The normalized spacial score (nSPS) is 13.5. The molecule has 0 spiro atoms. The molecular formula is C13H17N3O3S2. The Bertz CT molecular complexity index is 711. The number of hydrogen-bond donors (Lipinski definition) is 2. The summed E-state index contributed by atoms with van der Waals surface area (Å²) in [6.45, 7) is 1.91. The summed E-state index contributed by atoms with van der Waals surface area (Å²) < 4.78 is 31.4. The second kappa shape index (κ2) is 6.61. The van der Waals surface area contributed by atoms with Crippen LogP contribution >= 0.6 is 11.8 Å². The second-order valence-corrected chi connectivity index (χ2v) is 6.64. The molecule has 1 aliphatic heterocycles. The molecule has 0 atom stereocenters. The molecule has 3 rings (SSSR count). The summed E-state index contributed by atoms with van der Waals surface area (Å²) in [4.78, 5) is 4.40. The van der Waals surface area contributed by atoms with Crippen LogP contribution in [0.3, 0.4) is 0 Å². The monoisotopic (exact) mass is 327 g/mol. The summed E-state index contributed by atoms with van der Waals surface area (Å²) in [6, 6.07) is 7.42. The number of fused-ring (bicyclic) bond motifs is 1. The molecule has 1 aromatic carbocycles. The predicted octanol–water partition coefficient (Wildman–Crippen LogP) is 1.68. The van der Waals surface area contributed by atoms with Crippen LogP contribution in [-0.4, -0.2) is 28.8 Å². The molecule has 2 heterocycles. The first kappa shape index (κ1) is 16.0. The summed E-state index contributed by atoms with van der Waals surface area (Å²) in [5, 5.41) is 4.39. The van der Waals surface area contributed by atoms with Gasteiger partial charge < -0.3 is 9.88 Å². The fraction of sp³-hybridized carbons (Fsp3) is 0.308. The van der Waals surface area contributed by atoms with Gasteiger partial charge >= 0.3 is 0 Å². The lowest BCUT2D eigenvalue weighted by Crippen LogP contribution is -2.05. The summed E-state index contributed by atoms with van der Waals surface area (Å²) >= 11 is 1.70. The van der Waals surface area contributed by atoms with Crippen LogP contribution in [0.15, 0.2) is 40.4 Å². The van der Waals surface area contributed by atoms with Crippen molar-refractivity contribution in [2.75, 3.05) is 6.26 Å². The topological polar surface area (TPSA) is 84.2 Å². The van der Waals surface area contributed by atoms with E-state index < -0.39 is 10.1 Å². The van der Waals surface area contributed by atoms with Crippen LogP contribution in [0.2, 0.25) is 0 Å². The van der Waals surface area contributed by atoms with Crippen molar-refractivity contribution in [2.45, 2.75) is 23.1 Å². The zero-order valence-electron chi connectivity index (χ0n) is 11.8. The van der Waals surface area contributed by atoms with Crippen molar-refractivity contribution in [3.05, 3.63) is 41.7 Å². The molecule has 0 saturated carbocycles. The molecule has 0 unspecified atom stereocenters. The van der Waals surface area contributed by atoms with Gasteiger partial charge in [-0.1, -0.05) is 30.0 Å². The fourth-order valence-electron chi connectivity index (χ4n) is 2.00. The van der Waals surface area contributed by atoms with E-state index in [1.807, 2.05) is 0 Å². The van der Waals surface area contributed by atoms with Gasteiger partial charge in [-0.05, 0) is 18.4 Å². The quantitative estimate of drug-likeness (QED) is 0.645. The first-order valence-corrected chi connectivity index (χ1v) is 8.91. The maximum Gasteiger partial charge on any atom is 0.294 e. The number of rotatable bonds is 2. The largest absolute Gasteiger partial charge is 0.325 e. The van der Waals surface area contributed by atoms with E-state index in [2.05, 4.69) is 28.2 Å². The van der Waals surface area contributed by atoms with Crippen molar-refractivity contribution in [1.29, 1.82) is 0 Å². The number of nitrogens with one attached hydrogen (secondary N) is 1. The Kier molecular flexibility index (Phi) is 5.04. The number of aromatic nitrogens is 2. The molecule has 6 nitrogen and oxygen atoms in total. The molecule has 0 radical (unpaired) electrons. The summed E-state index contributed by atoms with van der Waals surface area (Å²) in [5.41, 5.74) is 2.56. The lowest BCUT2D eigenvalue weighted by Gasteiger charge is -1.99. The van der Waals surface area contributed by atoms with Crippen LogP contribution in [-0.2, 0) is 30.3 Å². The third-order valence-electron chi connectivity index (χ3n) is 3.06. The van der Waals surface area contributed by atoms with E-state index in [-0.39, 0.29) is 4.90 Å². The van der Waals surface area contributed by atoms with Crippen molar-refractivity contribution in [2.24, 2.45) is 7.05 Å². The molecule has 114 valence electrons. The van der Waals surface area contributed by atoms with Crippen molar-refractivity contribution in [1.82, 2.24) is 14.9 Å². The maximum absolute atomic E-state index is 10.4. The Balaban J connectivity index is 0.000000155. The van der Waals surface area contributed by atoms with E-state index in [0.29, 0.717) is 0 Å². The van der Waals surface area contributed by atoms with Crippen molar-refractivity contribution >= 4 is 21.9 Å². The number of nitrogens with zero attached hydrogens (tertiary/aromatic N) is 2. The Morgan fingerprint density at radius 3 is 2.43 bits per heavy atom. The summed E-state index contributed by atoms with van der Waals surface area (Å²) in [7, 11) is -1.93. The van der Waals surface area contributed by atoms with Gasteiger partial charge in [0.1, 0.15) is 0 Å². The number of thioether (sulfide) groups is 1. The van der Waals surface area contributed by atoms with E-state index in [1.165, 1.54) is 23.5 Å². The van der Waals surface area contributed by atoms with Crippen LogP contribution in [0, 0.1) is 0 Å². The highest BCUT2D eigenvalue weighted by Crippen LogP contribution is 2.20. The molecule has 2 aromatic rings. The first-order chi connectivity index (χ1) is 9.93. The number of benzene rings is 1. The average Bonchev–Trinajstić information content (AvgIpc) is 3.03. The van der Waals surface area contributed by atoms with Gasteiger partial charge in [-0.3, -0.25) is 4.55 Å². The second-order valence-electron chi connectivity index (χ2n) is 4.44. The number of hydrogen-bond acceptors (Lipinski definition) is 5. The van der Waals surface area contributed by atoms with Gasteiger partial charge in [0, 0.05) is 20.1 Å². The third kappa shape index (κ3) is 3.85. The fourth-order valence-corrected chi connectivity index (χ4v) is 3.09. The Hall–Kier alpha value is -1.35. The minimum Gasteiger partial charge on any atom is -0.325 e. The number of imidazole rings is 1. The third-order valence-corrected chi connectivity index (χ3v) is 4.66. The smallest absolute Gasteiger partial charge is 0.294 e. The Labute approximate surface area is 128 Å². The molecule has 0 saturated heterocycles. The molecular weight excluding hydrogens is 310 g/mol. The van der Waals surface area contributed by atoms with Crippen LogP contribution in [0.5, 0.6) is 0 Å². The molecule has 2 N–H and O–H groups in total. The van der Waals surface area contributed by atoms with Crippen molar-refractivity contribution in [3.63, 3.8) is 0 Å². The zero-order chi connectivity index (χ0) is 15.5. The van der Waals surface area contributed by atoms with Crippen LogP contribution in [0.4, 0.5) is 0 Å². The zero-order valence-corrected chi connectivity index (χ0v) is 13.4. The minimum atomic E-state index is -4.00. The van der Waals surface area contributed by atoms with E-state index >= 15 is 0 Å². The molecule has 0 bridgehead atoms. The lowest BCUT2D eigenvalue weighted by molar-refractivity contribution is 0.483. The average molecular weight is 327 g/mol. The SMILES string of the molecule is CSc1nc2c(n1C)CNC2.O=S(=O)(O)c1ccccc1. The molecule has 0 amide bonds. The highest BCUT2D eigenvalue weighted by Gasteiger charge is 2.17. The van der Waals surface area contributed by atoms with Gasteiger partial charge in [-0.25, -0.2) is 4.98 Å². The predicted molar refractivity (Wildman–Crippen MR) is 81.8 cm³/mol.